The standard InChI is InChI=1S/C16H19N3O2S.ClH/c1-21-16(5-7-17-8-6-16)15(20)19-13-4-2-3-12(11-13)14-18-9-10-22-14;/h2-4,9-11,17H,5-8H2,1H3,(H,19,20);1H. The number of thiazole rings is 1. The van der Waals surface area contributed by atoms with Crippen molar-refractivity contribution in [3.05, 3.63) is 35.8 Å². The van der Waals surface area contributed by atoms with Crippen LogP contribution in [0.4, 0.5) is 5.69 Å². The quantitative estimate of drug-likeness (QED) is 0.887. The van der Waals surface area contributed by atoms with Gasteiger partial charge in [0.1, 0.15) is 10.6 Å². The van der Waals surface area contributed by atoms with Crippen molar-refractivity contribution in [3.63, 3.8) is 0 Å². The molecule has 0 radical (unpaired) electrons. The number of ether oxygens (including phenoxy) is 1. The second-order valence-corrected chi connectivity index (χ2v) is 6.22. The van der Waals surface area contributed by atoms with E-state index in [0.717, 1.165) is 29.3 Å². The Labute approximate surface area is 145 Å². The summed E-state index contributed by atoms with van der Waals surface area (Å²) in [4.78, 5) is 16.9. The van der Waals surface area contributed by atoms with Crippen LogP contribution in [-0.4, -0.2) is 36.7 Å². The minimum atomic E-state index is -0.734. The average Bonchev–Trinajstić information content (AvgIpc) is 3.10. The van der Waals surface area contributed by atoms with Crippen molar-refractivity contribution in [2.75, 3.05) is 25.5 Å². The summed E-state index contributed by atoms with van der Waals surface area (Å²) in [7, 11) is 1.61. The van der Waals surface area contributed by atoms with Crippen molar-refractivity contribution in [2.24, 2.45) is 0 Å². The van der Waals surface area contributed by atoms with Crippen molar-refractivity contribution in [1.82, 2.24) is 10.3 Å². The number of rotatable bonds is 4. The fourth-order valence-corrected chi connectivity index (χ4v) is 3.33. The van der Waals surface area contributed by atoms with Crippen LogP contribution < -0.4 is 10.6 Å². The number of aromatic nitrogens is 1. The maximum atomic E-state index is 12.6. The number of anilines is 1. The van der Waals surface area contributed by atoms with Crippen LogP contribution in [0.2, 0.25) is 0 Å². The van der Waals surface area contributed by atoms with Crippen LogP contribution in [0.1, 0.15) is 12.8 Å². The van der Waals surface area contributed by atoms with Gasteiger partial charge in [-0.05, 0) is 38.1 Å². The zero-order valence-corrected chi connectivity index (χ0v) is 14.5. The van der Waals surface area contributed by atoms with E-state index in [0.29, 0.717) is 12.8 Å². The summed E-state index contributed by atoms with van der Waals surface area (Å²) >= 11 is 1.58. The number of hydrogen-bond donors (Lipinski definition) is 2. The highest BCUT2D eigenvalue weighted by atomic mass is 35.5. The lowest BCUT2D eigenvalue weighted by atomic mass is 9.91. The molecule has 0 bridgehead atoms. The molecular weight excluding hydrogens is 334 g/mol. The van der Waals surface area contributed by atoms with Crippen molar-refractivity contribution >= 4 is 35.3 Å². The highest BCUT2D eigenvalue weighted by Gasteiger charge is 2.39. The van der Waals surface area contributed by atoms with Gasteiger partial charge in [0.15, 0.2) is 0 Å². The Bertz CT molecular complexity index is 643. The molecule has 1 aliphatic rings. The summed E-state index contributed by atoms with van der Waals surface area (Å²) in [5.41, 5.74) is 1.04. The lowest BCUT2D eigenvalue weighted by Crippen LogP contribution is -2.51. The van der Waals surface area contributed by atoms with Gasteiger partial charge in [-0.1, -0.05) is 12.1 Å². The fraction of sp³-hybridized carbons (Fsp3) is 0.375. The molecular formula is C16H20ClN3O2S. The summed E-state index contributed by atoms with van der Waals surface area (Å²) in [6.07, 6.45) is 3.14. The number of amides is 1. The fourth-order valence-electron chi connectivity index (χ4n) is 2.70. The van der Waals surface area contributed by atoms with Crippen molar-refractivity contribution in [2.45, 2.75) is 18.4 Å². The molecule has 0 unspecified atom stereocenters. The Kier molecular flexibility index (Phi) is 6.12. The molecule has 23 heavy (non-hydrogen) atoms. The van der Waals surface area contributed by atoms with Crippen LogP contribution in [0.25, 0.3) is 10.6 Å². The molecule has 7 heteroatoms. The molecule has 1 amide bonds. The zero-order chi connectivity index (χ0) is 15.4. The highest BCUT2D eigenvalue weighted by Crippen LogP contribution is 2.27. The van der Waals surface area contributed by atoms with Crippen LogP contribution in [0.3, 0.4) is 0 Å². The molecule has 1 saturated heterocycles. The molecule has 5 nitrogen and oxygen atoms in total. The predicted molar refractivity (Wildman–Crippen MR) is 95.3 cm³/mol. The van der Waals surface area contributed by atoms with E-state index in [9.17, 15) is 4.79 Å². The first kappa shape index (κ1) is 17.9. The van der Waals surface area contributed by atoms with Gasteiger partial charge in [-0.3, -0.25) is 4.79 Å². The normalized spacial score (nSPS) is 16.4. The molecule has 2 heterocycles. The number of halogens is 1. The van der Waals surface area contributed by atoms with Crippen LogP contribution in [0.15, 0.2) is 35.8 Å². The molecule has 1 aromatic carbocycles. The zero-order valence-electron chi connectivity index (χ0n) is 12.9. The number of carbonyl (C=O) groups is 1. The average molecular weight is 354 g/mol. The minimum Gasteiger partial charge on any atom is -0.368 e. The van der Waals surface area contributed by atoms with Crippen LogP contribution in [-0.2, 0) is 9.53 Å². The van der Waals surface area contributed by atoms with E-state index < -0.39 is 5.60 Å². The van der Waals surface area contributed by atoms with Crippen molar-refractivity contribution in [3.8, 4) is 10.6 Å². The summed E-state index contributed by atoms with van der Waals surface area (Å²) in [6.45, 7) is 1.58. The summed E-state index contributed by atoms with van der Waals surface area (Å²) in [6, 6.07) is 7.75. The van der Waals surface area contributed by atoms with Gasteiger partial charge >= 0.3 is 0 Å². The maximum absolute atomic E-state index is 12.6. The number of hydrogen-bond acceptors (Lipinski definition) is 5. The highest BCUT2D eigenvalue weighted by molar-refractivity contribution is 7.13. The van der Waals surface area contributed by atoms with Gasteiger partial charge in [0, 0.05) is 29.9 Å². The van der Waals surface area contributed by atoms with E-state index in [1.54, 1.807) is 24.6 Å². The Morgan fingerprint density at radius 2 is 2.17 bits per heavy atom. The Hall–Kier alpha value is -1.47. The third-order valence-electron chi connectivity index (χ3n) is 4.02. The van der Waals surface area contributed by atoms with E-state index in [-0.39, 0.29) is 18.3 Å². The monoisotopic (exact) mass is 353 g/mol. The number of carbonyl (C=O) groups excluding carboxylic acids is 1. The van der Waals surface area contributed by atoms with Crippen LogP contribution in [0.5, 0.6) is 0 Å². The maximum Gasteiger partial charge on any atom is 0.256 e. The molecule has 124 valence electrons. The minimum absolute atomic E-state index is 0. The SMILES string of the molecule is COC1(C(=O)Nc2cccc(-c3nccs3)c2)CCNCC1.Cl. The van der Waals surface area contributed by atoms with E-state index in [1.165, 1.54) is 0 Å². The Morgan fingerprint density at radius 3 is 2.83 bits per heavy atom. The topological polar surface area (TPSA) is 63.2 Å². The third kappa shape index (κ3) is 3.90. The van der Waals surface area contributed by atoms with Gasteiger partial charge in [0.05, 0.1) is 0 Å². The molecule has 3 rings (SSSR count). The lowest BCUT2D eigenvalue weighted by molar-refractivity contribution is -0.140. The third-order valence-corrected chi connectivity index (χ3v) is 4.84. The first-order valence-electron chi connectivity index (χ1n) is 7.31. The number of nitrogens with zero attached hydrogens (tertiary/aromatic N) is 1. The molecule has 0 atom stereocenters. The van der Waals surface area contributed by atoms with Gasteiger partial charge in [-0.2, -0.15) is 0 Å². The molecule has 2 aromatic rings. The van der Waals surface area contributed by atoms with Crippen molar-refractivity contribution < 1.29 is 9.53 Å². The van der Waals surface area contributed by atoms with Crippen LogP contribution in [0, 0.1) is 0 Å². The predicted octanol–water partition coefficient (Wildman–Crippen LogP) is 2.94. The smallest absolute Gasteiger partial charge is 0.256 e. The number of benzene rings is 1. The number of nitrogens with one attached hydrogen (secondary N) is 2. The van der Waals surface area contributed by atoms with E-state index >= 15 is 0 Å². The van der Waals surface area contributed by atoms with Gasteiger partial charge in [0.2, 0.25) is 0 Å². The van der Waals surface area contributed by atoms with Crippen LogP contribution >= 0.6 is 23.7 Å². The molecule has 0 spiro atoms. The van der Waals surface area contributed by atoms with Gasteiger partial charge < -0.3 is 15.4 Å². The van der Waals surface area contributed by atoms with Crippen molar-refractivity contribution in [1.29, 1.82) is 0 Å². The molecule has 0 aliphatic carbocycles. The second-order valence-electron chi connectivity index (χ2n) is 5.32. The lowest BCUT2D eigenvalue weighted by Gasteiger charge is -2.34. The number of methoxy groups -OCH3 is 1. The Morgan fingerprint density at radius 1 is 1.39 bits per heavy atom. The molecule has 0 saturated carbocycles. The first-order valence-corrected chi connectivity index (χ1v) is 8.19. The first-order chi connectivity index (χ1) is 10.7. The Balaban J connectivity index is 0.00000192. The van der Waals surface area contributed by atoms with E-state index in [1.807, 2.05) is 29.6 Å². The summed E-state index contributed by atoms with van der Waals surface area (Å²) in [5.74, 6) is -0.0761. The second kappa shape index (κ2) is 7.88. The molecule has 2 N–H and O–H groups in total. The summed E-state index contributed by atoms with van der Waals surface area (Å²) in [5, 5.41) is 9.13. The molecule has 1 aromatic heterocycles. The summed E-state index contributed by atoms with van der Waals surface area (Å²) < 4.78 is 5.55. The molecule has 1 fully saturated rings. The largest absolute Gasteiger partial charge is 0.368 e. The number of piperidine rings is 1. The van der Waals surface area contributed by atoms with E-state index in [4.69, 9.17) is 4.74 Å². The van der Waals surface area contributed by atoms with Gasteiger partial charge in [-0.25, -0.2) is 4.98 Å². The van der Waals surface area contributed by atoms with Gasteiger partial charge in [-0.15, -0.1) is 23.7 Å². The molecule has 1 aliphatic heterocycles. The van der Waals surface area contributed by atoms with E-state index in [2.05, 4.69) is 15.6 Å². The van der Waals surface area contributed by atoms with Gasteiger partial charge in [0.25, 0.3) is 5.91 Å².